The summed E-state index contributed by atoms with van der Waals surface area (Å²) in [4.78, 5) is 27.6. The van der Waals surface area contributed by atoms with Crippen molar-refractivity contribution in [2.45, 2.75) is 6.42 Å². The van der Waals surface area contributed by atoms with E-state index < -0.39 is 0 Å². The minimum atomic E-state index is -0.0545. The number of benzene rings is 1. The Balaban J connectivity index is 1.43. The summed E-state index contributed by atoms with van der Waals surface area (Å²) in [6.45, 7) is 3.34. The highest BCUT2D eigenvalue weighted by Crippen LogP contribution is 2.19. The summed E-state index contributed by atoms with van der Waals surface area (Å²) in [5.74, 6) is 0.110. The van der Waals surface area contributed by atoms with Crippen LogP contribution in [-0.2, 0) is 16.0 Å². The molecule has 1 aromatic carbocycles. The van der Waals surface area contributed by atoms with Crippen LogP contribution in [0, 0.1) is 0 Å². The molecule has 2 aromatic rings. The van der Waals surface area contributed by atoms with E-state index in [-0.39, 0.29) is 11.8 Å². The van der Waals surface area contributed by atoms with E-state index in [1.165, 1.54) is 4.90 Å². The first-order valence-corrected chi connectivity index (χ1v) is 9.60. The third-order valence-corrected chi connectivity index (χ3v) is 5.38. The van der Waals surface area contributed by atoms with Gasteiger partial charge in [-0.15, -0.1) is 0 Å². The number of rotatable bonds is 5. The third kappa shape index (κ3) is 5.04. The number of amides is 2. The molecule has 0 saturated carbocycles. The van der Waals surface area contributed by atoms with Crippen LogP contribution in [0.5, 0.6) is 0 Å². The highest BCUT2D eigenvalue weighted by atomic mass is 35.5. The summed E-state index contributed by atoms with van der Waals surface area (Å²) in [5.41, 5.74) is 1.71. The number of carbonyl (C=O) groups excluding carboxylic acids is 2. The highest BCUT2D eigenvalue weighted by molar-refractivity contribution is 7.08. The smallest absolute Gasteiger partial charge is 0.279 e. The first-order chi connectivity index (χ1) is 12.1. The lowest BCUT2D eigenvalue weighted by molar-refractivity contribution is -0.895. The van der Waals surface area contributed by atoms with E-state index in [1.54, 1.807) is 23.5 Å². The predicted octanol–water partition coefficient (Wildman–Crippen LogP) is 1.31. The van der Waals surface area contributed by atoms with Crippen molar-refractivity contribution in [3.8, 4) is 0 Å². The molecule has 0 spiro atoms. The molecule has 0 aliphatic carbocycles. The Kier molecular flexibility index (Phi) is 6.07. The van der Waals surface area contributed by atoms with Gasteiger partial charge in [-0.1, -0.05) is 23.7 Å². The Bertz CT molecular complexity index is 728. The summed E-state index contributed by atoms with van der Waals surface area (Å²) < 4.78 is 0. The zero-order chi connectivity index (χ0) is 17.6. The number of quaternary nitrogens is 1. The summed E-state index contributed by atoms with van der Waals surface area (Å²) in [5, 5.41) is 7.39. The second-order valence-electron chi connectivity index (χ2n) is 6.14. The Hall–Kier alpha value is -1.89. The van der Waals surface area contributed by atoms with Crippen LogP contribution in [-0.4, -0.2) is 49.4 Å². The number of anilines is 1. The Morgan fingerprint density at radius 2 is 1.96 bits per heavy atom. The number of piperazine rings is 1. The molecule has 1 saturated heterocycles. The van der Waals surface area contributed by atoms with Crippen LogP contribution in [0.15, 0.2) is 41.1 Å². The van der Waals surface area contributed by atoms with Gasteiger partial charge in [-0.2, -0.15) is 11.3 Å². The van der Waals surface area contributed by atoms with Crippen molar-refractivity contribution < 1.29 is 14.5 Å². The molecule has 7 heteroatoms. The van der Waals surface area contributed by atoms with Crippen molar-refractivity contribution in [3.63, 3.8) is 0 Å². The lowest BCUT2D eigenvalue weighted by Gasteiger charge is -2.32. The van der Waals surface area contributed by atoms with Crippen LogP contribution < -0.4 is 10.2 Å². The molecule has 0 radical (unpaired) electrons. The molecule has 1 fully saturated rings. The van der Waals surface area contributed by atoms with E-state index in [2.05, 4.69) is 5.32 Å². The molecule has 1 aliphatic heterocycles. The number of hydrogen-bond donors (Lipinski definition) is 2. The quantitative estimate of drug-likeness (QED) is 0.824. The molecule has 5 nitrogen and oxygen atoms in total. The van der Waals surface area contributed by atoms with Gasteiger partial charge in [-0.25, -0.2) is 0 Å². The third-order valence-electron chi connectivity index (χ3n) is 4.32. The van der Waals surface area contributed by atoms with E-state index >= 15 is 0 Å². The van der Waals surface area contributed by atoms with E-state index in [0.29, 0.717) is 36.8 Å². The highest BCUT2D eigenvalue weighted by Gasteiger charge is 2.25. The maximum absolute atomic E-state index is 12.3. The van der Waals surface area contributed by atoms with Crippen LogP contribution in [0.4, 0.5) is 5.69 Å². The number of thiophene rings is 1. The molecule has 0 bridgehead atoms. The molecule has 2 heterocycles. The first kappa shape index (κ1) is 17.9. The molecule has 132 valence electrons. The standard InChI is InChI=1S/C18H20ClN3O2S/c19-15-3-1-2-4-16(15)20-17(23)12-21-6-8-22(9-7-21)18(24)11-14-5-10-25-13-14/h1-5,10,13H,6-9,11-12H2,(H,20,23)/p+1. The number of nitrogens with zero attached hydrogens (tertiary/aromatic N) is 1. The average Bonchev–Trinajstić information content (AvgIpc) is 3.10. The summed E-state index contributed by atoms with van der Waals surface area (Å²) in [6.07, 6.45) is 0.464. The largest absolute Gasteiger partial charge is 0.331 e. The van der Waals surface area contributed by atoms with Crippen LogP contribution in [0.3, 0.4) is 0 Å². The van der Waals surface area contributed by atoms with Crippen molar-refractivity contribution in [3.05, 3.63) is 51.7 Å². The number of para-hydroxylation sites is 1. The number of halogens is 1. The van der Waals surface area contributed by atoms with Gasteiger partial charge in [0.25, 0.3) is 5.91 Å². The lowest BCUT2D eigenvalue weighted by atomic mass is 10.2. The van der Waals surface area contributed by atoms with Gasteiger partial charge < -0.3 is 15.1 Å². The van der Waals surface area contributed by atoms with Crippen molar-refractivity contribution in [1.29, 1.82) is 0 Å². The zero-order valence-electron chi connectivity index (χ0n) is 13.8. The van der Waals surface area contributed by atoms with Gasteiger partial charge in [0.05, 0.1) is 43.3 Å². The first-order valence-electron chi connectivity index (χ1n) is 8.28. The molecular formula is C18H21ClN3O2S+. The van der Waals surface area contributed by atoms with Crippen molar-refractivity contribution >= 4 is 40.4 Å². The van der Waals surface area contributed by atoms with E-state index in [4.69, 9.17) is 11.6 Å². The number of carbonyl (C=O) groups is 2. The normalized spacial score (nSPS) is 15.2. The Morgan fingerprint density at radius 1 is 1.20 bits per heavy atom. The molecule has 1 aliphatic rings. The van der Waals surface area contributed by atoms with E-state index in [0.717, 1.165) is 18.7 Å². The van der Waals surface area contributed by atoms with E-state index in [1.807, 2.05) is 33.9 Å². The Morgan fingerprint density at radius 3 is 2.64 bits per heavy atom. The van der Waals surface area contributed by atoms with E-state index in [9.17, 15) is 9.59 Å². The topological polar surface area (TPSA) is 53.9 Å². The van der Waals surface area contributed by atoms with Crippen molar-refractivity contribution in [2.75, 3.05) is 38.0 Å². The molecule has 1 aromatic heterocycles. The monoisotopic (exact) mass is 378 g/mol. The van der Waals surface area contributed by atoms with Gasteiger partial charge in [0.2, 0.25) is 5.91 Å². The second kappa shape index (κ2) is 8.47. The minimum absolute atomic E-state index is 0.0545. The second-order valence-corrected chi connectivity index (χ2v) is 7.33. The van der Waals surface area contributed by atoms with Crippen LogP contribution in [0.1, 0.15) is 5.56 Å². The van der Waals surface area contributed by atoms with Gasteiger partial charge in [0.1, 0.15) is 0 Å². The molecule has 0 atom stereocenters. The van der Waals surface area contributed by atoms with Gasteiger partial charge in [0.15, 0.2) is 6.54 Å². The fourth-order valence-electron chi connectivity index (χ4n) is 2.91. The molecule has 2 amide bonds. The van der Waals surface area contributed by atoms with Gasteiger partial charge in [0, 0.05) is 0 Å². The predicted molar refractivity (Wildman–Crippen MR) is 100 cm³/mol. The zero-order valence-corrected chi connectivity index (χ0v) is 15.4. The molecule has 25 heavy (non-hydrogen) atoms. The summed E-state index contributed by atoms with van der Waals surface area (Å²) in [6, 6.07) is 9.20. The van der Waals surface area contributed by atoms with Gasteiger partial charge in [-0.05, 0) is 34.5 Å². The van der Waals surface area contributed by atoms with Crippen molar-refractivity contribution in [2.24, 2.45) is 0 Å². The molecule has 0 unspecified atom stereocenters. The SMILES string of the molecule is O=C(C[NH+]1CCN(C(=O)Cc2ccsc2)CC1)Nc1ccccc1Cl. The fourth-order valence-corrected chi connectivity index (χ4v) is 3.76. The summed E-state index contributed by atoms with van der Waals surface area (Å²) >= 11 is 7.67. The van der Waals surface area contributed by atoms with Crippen molar-refractivity contribution in [1.82, 2.24) is 4.90 Å². The average molecular weight is 379 g/mol. The summed E-state index contributed by atoms with van der Waals surface area (Å²) in [7, 11) is 0. The fraction of sp³-hybridized carbons (Fsp3) is 0.333. The number of hydrogen-bond acceptors (Lipinski definition) is 3. The molecule has 3 rings (SSSR count). The maximum atomic E-state index is 12.3. The lowest BCUT2D eigenvalue weighted by Crippen LogP contribution is -3.15. The molecular weight excluding hydrogens is 358 g/mol. The number of nitrogens with one attached hydrogen (secondary N) is 2. The molecule has 2 N–H and O–H groups in total. The van der Waals surface area contributed by atoms with Crippen LogP contribution in [0.2, 0.25) is 5.02 Å². The minimum Gasteiger partial charge on any atom is -0.331 e. The Labute approximate surface area is 156 Å². The van der Waals surface area contributed by atoms with Crippen LogP contribution >= 0.6 is 22.9 Å². The van der Waals surface area contributed by atoms with Crippen LogP contribution in [0.25, 0.3) is 0 Å². The maximum Gasteiger partial charge on any atom is 0.279 e. The van der Waals surface area contributed by atoms with Gasteiger partial charge >= 0.3 is 0 Å². The van der Waals surface area contributed by atoms with Gasteiger partial charge in [-0.3, -0.25) is 9.59 Å².